The van der Waals surface area contributed by atoms with Crippen LogP contribution in [-0.2, 0) is 17.8 Å². The highest BCUT2D eigenvalue weighted by Crippen LogP contribution is 2.37. The first kappa shape index (κ1) is 25.4. The maximum atomic E-state index is 14.1. The monoisotopic (exact) mass is 493 g/mol. The molecule has 1 aliphatic rings. The summed E-state index contributed by atoms with van der Waals surface area (Å²) >= 11 is 0. The van der Waals surface area contributed by atoms with Crippen molar-refractivity contribution in [3.63, 3.8) is 0 Å². The fourth-order valence-electron chi connectivity index (χ4n) is 4.40. The van der Waals surface area contributed by atoms with Gasteiger partial charge in [0.05, 0.1) is 6.04 Å². The van der Waals surface area contributed by atoms with Crippen molar-refractivity contribution in [1.82, 2.24) is 15.1 Å². The van der Waals surface area contributed by atoms with Gasteiger partial charge >= 0.3 is 0 Å². The highest BCUT2D eigenvalue weighted by molar-refractivity contribution is 5.91. The van der Waals surface area contributed by atoms with E-state index in [1.165, 1.54) is 12.1 Å². The molecule has 0 radical (unpaired) electrons. The minimum Gasteiger partial charge on any atom is -0.486 e. The van der Waals surface area contributed by atoms with Gasteiger partial charge in [0.2, 0.25) is 5.91 Å². The number of carbonyl (C=O) groups is 2. The van der Waals surface area contributed by atoms with E-state index < -0.39 is 0 Å². The number of halogens is 1. The second-order valence-electron chi connectivity index (χ2n) is 9.12. The van der Waals surface area contributed by atoms with Gasteiger partial charge in [-0.15, -0.1) is 0 Å². The van der Waals surface area contributed by atoms with E-state index in [1.807, 2.05) is 55.1 Å². The van der Waals surface area contributed by atoms with Crippen LogP contribution in [0.2, 0.25) is 0 Å². The third kappa shape index (κ3) is 5.94. The van der Waals surface area contributed by atoms with Gasteiger partial charge in [-0.3, -0.25) is 9.59 Å². The predicted molar refractivity (Wildman–Crippen MR) is 134 cm³/mol. The van der Waals surface area contributed by atoms with Crippen molar-refractivity contribution in [3.05, 3.63) is 88.6 Å². The van der Waals surface area contributed by atoms with E-state index in [-0.39, 0.29) is 36.0 Å². The first-order valence-corrected chi connectivity index (χ1v) is 12.2. The second-order valence-corrected chi connectivity index (χ2v) is 9.12. The second kappa shape index (κ2) is 11.4. The molecule has 0 fully saturated rings. The molecule has 4 rings (SSSR count). The van der Waals surface area contributed by atoms with Crippen LogP contribution in [0.3, 0.4) is 0 Å². The minimum absolute atomic E-state index is 0.0215. The summed E-state index contributed by atoms with van der Waals surface area (Å²) in [4.78, 5) is 28.8. The summed E-state index contributed by atoms with van der Waals surface area (Å²) in [7, 11) is 3.88. The summed E-state index contributed by atoms with van der Waals surface area (Å²) in [5.41, 5.74) is 2.75. The van der Waals surface area contributed by atoms with Crippen LogP contribution < -0.4 is 10.1 Å². The fraction of sp³-hybridized carbons (Fsp3) is 0.357. The molecule has 190 valence electrons. The molecule has 1 aromatic heterocycles. The standard InChI is InChI=1S/C28H32FN3O4/c1-4-26(33)32-14-12-19-8-9-22(17-24(19)27(32)20-6-5-7-21(29)16-20)35-18-23-10-11-25(36-23)28(34)30-13-15-31(2)3/h5-11,16-17,27H,4,12-15,18H2,1-3H3,(H,30,34)/t27-/m1/s1. The van der Waals surface area contributed by atoms with Gasteiger partial charge in [-0.05, 0) is 73.6 Å². The van der Waals surface area contributed by atoms with Gasteiger partial charge in [0, 0.05) is 26.1 Å². The zero-order valence-electron chi connectivity index (χ0n) is 20.9. The molecular weight excluding hydrogens is 461 g/mol. The number of ether oxygens (including phenoxy) is 1. The van der Waals surface area contributed by atoms with Crippen molar-refractivity contribution in [3.8, 4) is 5.75 Å². The number of benzene rings is 2. The zero-order valence-corrected chi connectivity index (χ0v) is 20.9. The number of amides is 2. The van der Waals surface area contributed by atoms with Crippen LogP contribution in [0.1, 0.15) is 52.4 Å². The summed E-state index contributed by atoms with van der Waals surface area (Å²) in [6, 6.07) is 15.2. The SMILES string of the molecule is CCC(=O)N1CCc2ccc(OCc3ccc(C(=O)NCCN(C)C)o3)cc2[C@H]1c1cccc(F)c1. The molecule has 0 unspecified atom stereocenters. The Labute approximate surface area is 210 Å². The van der Waals surface area contributed by atoms with Crippen molar-refractivity contribution in [1.29, 1.82) is 0 Å². The lowest BCUT2D eigenvalue weighted by atomic mass is 9.87. The molecule has 36 heavy (non-hydrogen) atoms. The Hall–Kier alpha value is -3.65. The van der Waals surface area contributed by atoms with E-state index in [2.05, 4.69) is 5.32 Å². The Bertz CT molecular complexity index is 1220. The van der Waals surface area contributed by atoms with E-state index in [9.17, 15) is 14.0 Å². The van der Waals surface area contributed by atoms with Crippen LogP contribution in [0.15, 0.2) is 59.0 Å². The van der Waals surface area contributed by atoms with Crippen molar-refractivity contribution in [2.45, 2.75) is 32.4 Å². The fourth-order valence-corrected chi connectivity index (χ4v) is 4.40. The number of hydrogen-bond acceptors (Lipinski definition) is 5. The maximum Gasteiger partial charge on any atom is 0.287 e. The molecule has 0 spiro atoms. The van der Waals surface area contributed by atoms with Gasteiger partial charge < -0.3 is 24.3 Å². The first-order chi connectivity index (χ1) is 17.4. The van der Waals surface area contributed by atoms with Gasteiger partial charge in [0.25, 0.3) is 5.91 Å². The number of carbonyl (C=O) groups excluding carboxylic acids is 2. The molecule has 0 saturated heterocycles. The van der Waals surface area contributed by atoms with Gasteiger partial charge in [-0.2, -0.15) is 0 Å². The van der Waals surface area contributed by atoms with E-state index in [1.54, 1.807) is 18.2 Å². The molecule has 2 amide bonds. The third-order valence-corrected chi connectivity index (χ3v) is 6.24. The van der Waals surface area contributed by atoms with Crippen molar-refractivity contribution < 1.29 is 23.1 Å². The number of rotatable bonds is 9. The topological polar surface area (TPSA) is 75.0 Å². The van der Waals surface area contributed by atoms with Crippen LogP contribution >= 0.6 is 0 Å². The molecule has 0 aliphatic carbocycles. The van der Waals surface area contributed by atoms with Crippen molar-refractivity contribution in [2.24, 2.45) is 0 Å². The molecule has 0 saturated carbocycles. The number of likely N-dealkylation sites (N-methyl/N-ethyl adjacent to an activating group) is 1. The van der Waals surface area contributed by atoms with Crippen molar-refractivity contribution in [2.75, 3.05) is 33.7 Å². The molecule has 2 heterocycles. The lowest BCUT2D eigenvalue weighted by molar-refractivity contribution is -0.132. The Kier molecular flexibility index (Phi) is 8.05. The Morgan fingerprint density at radius 1 is 1.17 bits per heavy atom. The number of nitrogens with zero attached hydrogens (tertiary/aromatic N) is 2. The van der Waals surface area contributed by atoms with Gasteiger partial charge in [0.15, 0.2) is 5.76 Å². The normalized spacial score (nSPS) is 15.0. The van der Waals surface area contributed by atoms with Crippen LogP contribution in [0.25, 0.3) is 0 Å². The van der Waals surface area contributed by atoms with Gasteiger partial charge in [0.1, 0.15) is 23.9 Å². The Morgan fingerprint density at radius 3 is 2.75 bits per heavy atom. The average Bonchev–Trinajstić information content (AvgIpc) is 3.35. The zero-order chi connectivity index (χ0) is 25.7. The lowest BCUT2D eigenvalue weighted by Gasteiger charge is -2.38. The number of nitrogens with one attached hydrogen (secondary N) is 1. The highest BCUT2D eigenvalue weighted by atomic mass is 19.1. The molecule has 2 aromatic carbocycles. The largest absolute Gasteiger partial charge is 0.486 e. The van der Waals surface area contributed by atoms with E-state index in [0.29, 0.717) is 31.0 Å². The summed E-state index contributed by atoms with van der Waals surface area (Å²) < 4.78 is 25.7. The smallest absolute Gasteiger partial charge is 0.287 e. The third-order valence-electron chi connectivity index (χ3n) is 6.24. The number of furan rings is 1. The van der Waals surface area contributed by atoms with Crippen LogP contribution in [0.4, 0.5) is 4.39 Å². The van der Waals surface area contributed by atoms with Crippen LogP contribution in [0.5, 0.6) is 5.75 Å². The predicted octanol–water partition coefficient (Wildman–Crippen LogP) is 4.17. The lowest BCUT2D eigenvalue weighted by Crippen LogP contribution is -2.40. The average molecular weight is 494 g/mol. The summed E-state index contributed by atoms with van der Waals surface area (Å²) in [6.07, 6.45) is 1.10. The number of hydrogen-bond donors (Lipinski definition) is 1. The highest BCUT2D eigenvalue weighted by Gasteiger charge is 2.32. The van der Waals surface area contributed by atoms with Gasteiger partial charge in [-0.1, -0.05) is 25.1 Å². The van der Waals surface area contributed by atoms with E-state index in [4.69, 9.17) is 9.15 Å². The molecule has 8 heteroatoms. The van der Waals surface area contributed by atoms with Crippen molar-refractivity contribution >= 4 is 11.8 Å². The quantitative estimate of drug-likeness (QED) is 0.484. The maximum absolute atomic E-state index is 14.1. The number of fused-ring (bicyclic) bond motifs is 1. The molecular formula is C28H32FN3O4. The Balaban J connectivity index is 1.50. The molecule has 3 aromatic rings. The van der Waals surface area contributed by atoms with Crippen LogP contribution in [0, 0.1) is 5.82 Å². The van der Waals surface area contributed by atoms with Gasteiger partial charge in [-0.25, -0.2) is 4.39 Å². The minimum atomic E-state index is -0.387. The molecule has 1 N–H and O–H groups in total. The molecule has 1 atom stereocenters. The van der Waals surface area contributed by atoms with Crippen LogP contribution in [-0.4, -0.2) is 55.3 Å². The first-order valence-electron chi connectivity index (χ1n) is 12.2. The summed E-state index contributed by atoms with van der Waals surface area (Å²) in [5.74, 6) is 0.779. The summed E-state index contributed by atoms with van der Waals surface area (Å²) in [5, 5.41) is 2.82. The molecule has 1 aliphatic heterocycles. The summed E-state index contributed by atoms with van der Waals surface area (Å²) in [6.45, 7) is 3.81. The molecule has 7 nitrogen and oxygen atoms in total. The van der Waals surface area contributed by atoms with E-state index >= 15 is 0 Å². The molecule has 0 bridgehead atoms. The Morgan fingerprint density at radius 2 is 2.00 bits per heavy atom. The van der Waals surface area contributed by atoms with E-state index in [0.717, 1.165) is 29.7 Å².